The number of alkyl halides is 2. The van der Waals surface area contributed by atoms with E-state index in [0.717, 1.165) is 10.6 Å². The van der Waals surface area contributed by atoms with Crippen LogP contribution in [0.25, 0.3) is 0 Å². The van der Waals surface area contributed by atoms with Crippen LogP contribution in [-0.4, -0.2) is 9.55 Å². The van der Waals surface area contributed by atoms with Gasteiger partial charge in [0.05, 0.1) is 5.69 Å². The molecule has 0 aliphatic heterocycles. The van der Waals surface area contributed by atoms with Crippen LogP contribution in [0.3, 0.4) is 0 Å². The minimum absolute atomic E-state index is 0.349. The van der Waals surface area contributed by atoms with E-state index in [1.54, 1.807) is 13.8 Å². The highest BCUT2D eigenvalue weighted by Gasteiger charge is 2.13. The van der Waals surface area contributed by atoms with Crippen LogP contribution in [0.5, 0.6) is 0 Å². The fourth-order valence-electron chi connectivity index (χ4n) is 1.13. The van der Waals surface area contributed by atoms with E-state index < -0.39 is 23.4 Å². The average molecular weight is 204 g/mol. The van der Waals surface area contributed by atoms with Crippen molar-refractivity contribution < 1.29 is 8.78 Å². The summed E-state index contributed by atoms with van der Waals surface area (Å²) in [4.78, 5) is 24.4. The van der Waals surface area contributed by atoms with Crippen molar-refractivity contribution in [2.24, 2.45) is 0 Å². The predicted octanol–water partition coefficient (Wildman–Crippen LogP) is 1.06. The Hall–Kier alpha value is -1.46. The maximum absolute atomic E-state index is 12.1. The molecule has 14 heavy (non-hydrogen) atoms. The highest BCUT2D eigenvalue weighted by Crippen LogP contribution is 2.12. The van der Waals surface area contributed by atoms with Crippen LogP contribution < -0.4 is 11.2 Å². The van der Waals surface area contributed by atoms with Gasteiger partial charge >= 0.3 is 5.69 Å². The summed E-state index contributed by atoms with van der Waals surface area (Å²) in [6, 6.07) is 0.393. The number of hydrogen-bond acceptors (Lipinski definition) is 2. The van der Waals surface area contributed by atoms with Crippen molar-refractivity contribution in [2.75, 3.05) is 0 Å². The molecule has 0 unspecified atom stereocenters. The van der Waals surface area contributed by atoms with Gasteiger partial charge in [-0.25, -0.2) is 13.6 Å². The largest absolute Gasteiger partial charge is 0.328 e. The van der Waals surface area contributed by atoms with Gasteiger partial charge in [0.15, 0.2) is 0 Å². The Kier molecular flexibility index (Phi) is 2.83. The van der Waals surface area contributed by atoms with Gasteiger partial charge in [0, 0.05) is 12.1 Å². The Labute approximate surface area is 78.2 Å². The Bertz CT molecular complexity index is 402. The van der Waals surface area contributed by atoms with E-state index in [1.165, 1.54) is 0 Å². The van der Waals surface area contributed by atoms with Gasteiger partial charge in [-0.15, -0.1) is 0 Å². The van der Waals surface area contributed by atoms with Crippen LogP contribution in [0, 0.1) is 0 Å². The van der Waals surface area contributed by atoms with Gasteiger partial charge in [0.2, 0.25) is 0 Å². The zero-order valence-electron chi connectivity index (χ0n) is 7.75. The first-order valence-corrected chi connectivity index (χ1v) is 4.07. The van der Waals surface area contributed by atoms with Crippen molar-refractivity contribution in [3.05, 3.63) is 32.6 Å². The Morgan fingerprint density at radius 1 is 1.36 bits per heavy atom. The molecule has 1 heterocycles. The molecular weight excluding hydrogens is 194 g/mol. The number of aromatic amines is 1. The molecule has 0 amide bonds. The summed E-state index contributed by atoms with van der Waals surface area (Å²) in [7, 11) is 0. The standard InChI is InChI=1S/C8H10F2N2O2/c1-4(2)12-6(13)3-5(7(9)10)11-8(12)14/h3-4,7H,1-2H3,(H,11,14). The lowest BCUT2D eigenvalue weighted by atomic mass is 10.3. The molecule has 78 valence electrons. The summed E-state index contributed by atoms with van der Waals surface area (Å²) in [6.45, 7) is 3.25. The first-order valence-electron chi connectivity index (χ1n) is 4.07. The third-order valence-corrected chi connectivity index (χ3v) is 1.74. The molecule has 0 saturated carbocycles. The number of rotatable bonds is 2. The van der Waals surface area contributed by atoms with Gasteiger partial charge in [-0.3, -0.25) is 9.36 Å². The number of nitrogens with one attached hydrogen (secondary N) is 1. The number of halogens is 2. The molecule has 0 aliphatic carbocycles. The van der Waals surface area contributed by atoms with E-state index in [4.69, 9.17) is 0 Å². The normalized spacial score (nSPS) is 11.3. The fourth-order valence-corrected chi connectivity index (χ4v) is 1.13. The van der Waals surface area contributed by atoms with Crippen LogP contribution in [0.15, 0.2) is 15.7 Å². The SMILES string of the molecule is CC(C)n1c(=O)cc(C(F)F)[nH]c1=O. The van der Waals surface area contributed by atoms with Crippen molar-refractivity contribution in [1.82, 2.24) is 9.55 Å². The summed E-state index contributed by atoms with van der Waals surface area (Å²) in [5.41, 5.74) is -2.15. The molecule has 0 fully saturated rings. The van der Waals surface area contributed by atoms with Crippen LogP contribution in [-0.2, 0) is 0 Å². The van der Waals surface area contributed by atoms with E-state index in [-0.39, 0.29) is 6.04 Å². The molecule has 0 aliphatic rings. The molecule has 0 atom stereocenters. The van der Waals surface area contributed by atoms with Crippen molar-refractivity contribution in [3.63, 3.8) is 0 Å². The van der Waals surface area contributed by atoms with Gasteiger partial charge in [-0.1, -0.05) is 0 Å². The van der Waals surface area contributed by atoms with Crippen LogP contribution in [0.2, 0.25) is 0 Å². The van der Waals surface area contributed by atoms with Gasteiger partial charge < -0.3 is 4.98 Å². The second kappa shape index (κ2) is 3.73. The molecule has 0 bridgehead atoms. The van der Waals surface area contributed by atoms with Crippen LogP contribution in [0.4, 0.5) is 8.78 Å². The van der Waals surface area contributed by atoms with Gasteiger partial charge in [0.1, 0.15) is 0 Å². The third-order valence-electron chi connectivity index (χ3n) is 1.74. The maximum Gasteiger partial charge on any atom is 0.328 e. The van der Waals surface area contributed by atoms with E-state index in [9.17, 15) is 18.4 Å². The molecule has 0 saturated heterocycles. The number of H-pyrrole nitrogens is 1. The maximum atomic E-state index is 12.1. The molecule has 0 aromatic carbocycles. The number of nitrogens with zero attached hydrogens (tertiary/aromatic N) is 1. The zero-order chi connectivity index (χ0) is 10.9. The first kappa shape index (κ1) is 10.6. The van der Waals surface area contributed by atoms with Gasteiger partial charge in [0.25, 0.3) is 12.0 Å². The predicted molar refractivity (Wildman–Crippen MR) is 46.7 cm³/mol. The highest BCUT2D eigenvalue weighted by atomic mass is 19.3. The number of aromatic nitrogens is 2. The fraction of sp³-hybridized carbons (Fsp3) is 0.500. The smallest absolute Gasteiger partial charge is 0.306 e. The summed E-state index contributed by atoms with van der Waals surface area (Å²) < 4.78 is 25.2. The van der Waals surface area contributed by atoms with Crippen molar-refractivity contribution in [1.29, 1.82) is 0 Å². The summed E-state index contributed by atoms with van der Waals surface area (Å²) in [5.74, 6) is 0. The van der Waals surface area contributed by atoms with E-state index in [2.05, 4.69) is 0 Å². The highest BCUT2D eigenvalue weighted by molar-refractivity contribution is 5.01. The summed E-state index contributed by atoms with van der Waals surface area (Å²) >= 11 is 0. The molecule has 1 rings (SSSR count). The molecular formula is C8H10F2N2O2. The molecule has 4 nitrogen and oxygen atoms in total. The molecule has 1 aromatic rings. The second-order valence-corrected chi connectivity index (χ2v) is 3.13. The second-order valence-electron chi connectivity index (χ2n) is 3.13. The molecule has 0 radical (unpaired) electrons. The van der Waals surface area contributed by atoms with E-state index in [0.29, 0.717) is 0 Å². The topological polar surface area (TPSA) is 54.9 Å². The summed E-state index contributed by atoms with van der Waals surface area (Å²) in [5, 5.41) is 0. The third kappa shape index (κ3) is 1.89. The van der Waals surface area contributed by atoms with E-state index in [1.807, 2.05) is 4.98 Å². The number of hydrogen-bond donors (Lipinski definition) is 1. The van der Waals surface area contributed by atoms with Crippen LogP contribution in [0.1, 0.15) is 32.0 Å². The zero-order valence-corrected chi connectivity index (χ0v) is 7.75. The quantitative estimate of drug-likeness (QED) is 0.782. The molecule has 1 aromatic heterocycles. The lowest BCUT2D eigenvalue weighted by Crippen LogP contribution is -2.36. The lowest BCUT2D eigenvalue weighted by molar-refractivity contribution is 0.145. The molecule has 0 spiro atoms. The Balaban J connectivity index is 3.41. The summed E-state index contributed by atoms with van der Waals surface area (Å²) in [6.07, 6.45) is -2.84. The monoisotopic (exact) mass is 204 g/mol. The lowest BCUT2D eigenvalue weighted by Gasteiger charge is -2.08. The van der Waals surface area contributed by atoms with E-state index >= 15 is 0 Å². The molecule has 6 heteroatoms. The minimum atomic E-state index is -2.84. The Morgan fingerprint density at radius 3 is 2.29 bits per heavy atom. The van der Waals surface area contributed by atoms with Crippen molar-refractivity contribution >= 4 is 0 Å². The minimum Gasteiger partial charge on any atom is -0.306 e. The van der Waals surface area contributed by atoms with Crippen molar-refractivity contribution in [2.45, 2.75) is 26.3 Å². The van der Waals surface area contributed by atoms with Gasteiger partial charge in [-0.2, -0.15) is 0 Å². The van der Waals surface area contributed by atoms with Crippen LogP contribution >= 0.6 is 0 Å². The Morgan fingerprint density at radius 2 is 1.93 bits per heavy atom. The average Bonchev–Trinajstić information content (AvgIpc) is 2.01. The van der Waals surface area contributed by atoms with Crippen molar-refractivity contribution in [3.8, 4) is 0 Å². The van der Waals surface area contributed by atoms with Gasteiger partial charge in [-0.05, 0) is 13.8 Å². The molecule has 1 N–H and O–H groups in total. The first-order chi connectivity index (χ1) is 6.43.